The van der Waals surface area contributed by atoms with E-state index in [9.17, 15) is 14.7 Å². The monoisotopic (exact) mass is 545 g/mol. The van der Waals surface area contributed by atoms with Gasteiger partial charge in [0.05, 0.1) is 17.8 Å². The minimum Gasteiger partial charge on any atom is -0.506 e. The summed E-state index contributed by atoms with van der Waals surface area (Å²) in [4.78, 5) is 24.6. The number of nitrogens with one attached hydrogen (secondary N) is 2. The third-order valence-electron chi connectivity index (χ3n) is 4.18. The number of halogens is 2. The molecule has 3 N–H and O–H groups in total. The predicted octanol–water partition coefficient (Wildman–Crippen LogP) is 4.94. The Balaban J connectivity index is 1.60. The van der Waals surface area contributed by atoms with Gasteiger partial charge in [0.2, 0.25) is 0 Å². The molecule has 0 spiro atoms. The first kappa shape index (κ1) is 22.5. The van der Waals surface area contributed by atoms with Crippen molar-refractivity contribution < 1.29 is 19.4 Å². The van der Waals surface area contributed by atoms with Crippen LogP contribution in [0.25, 0.3) is 0 Å². The number of rotatable bonds is 6. The van der Waals surface area contributed by atoms with Crippen molar-refractivity contribution in [2.45, 2.75) is 0 Å². The first-order valence-electron chi connectivity index (χ1n) is 8.94. The number of benzene rings is 3. The van der Waals surface area contributed by atoms with Gasteiger partial charge in [0.15, 0.2) is 0 Å². The quantitative estimate of drug-likeness (QED) is 0.301. The number of hydrazone groups is 1. The van der Waals surface area contributed by atoms with Crippen molar-refractivity contribution in [1.82, 2.24) is 5.43 Å². The van der Waals surface area contributed by atoms with Crippen LogP contribution >= 0.6 is 31.9 Å². The van der Waals surface area contributed by atoms with E-state index in [4.69, 9.17) is 4.74 Å². The molecule has 3 rings (SSSR count). The van der Waals surface area contributed by atoms with Crippen molar-refractivity contribution in [3.8, 4) is 11.5 Å². The average Bonchev–Trinajstić information content (AvgIpc) is 2.77. The molecule has 0 aliphatic carbocycles. The maximum atomic E-state index is 12.3. The summed E-state index contributed by atoms with van der Waals surface area (Å²) in [6.07, 6.45) is 1.34. The summed E-state index contributed by atoms with van der Waals surface area (Å²) >= 11 is 6.56. The molecule has 0 aliphatic rings. The number of phenols is 1. The lowest BCUT2D eigenvalue weighted by molar-refractivity contribution is 0.0954. The normalized spacial score (nSPS) is 10.7. The Morgan fingerprint density at radius 3 is 2.23 bits per heavy atom. The highest BCUT2D eigenvalue weighted by atomic mass is 79.9. The van der Waals surface area contributed by atoms with Crippen LogP contribution in [0.1, 0.15) is 26.3 Å². The van der Waals surface area contributed by atoms with Gasteiger partial charge in [-0.1, -0.05) is 15.9 Å². The van der Waals surface area contributed by atoms with Crippen LogP contribution < -0.4 is 15.5 Å². The summed E-state index contributed by atoms with van der Waals surface area (Å²) in [6.45, 7) is 0. The maximum absolute atomic E-state index is 12.3. The Kier molecular flexibility index (Phi) is 7.43. The third kappa shape index (κ3) is 5.93. The number of aromatic hydroxyl groups is 1. The van der Waals surface area contributed by atoms with Gasteiger partial charge >= 0.3 is 0 Å². The van der Waals surface area contributed by atoms with Crippen LogP contribution in [0.15, 0.2) is 74.7 Å². The number of nitrogens with zero attached hydrogens (tertiary/aromatic N) is 1. The minimum absolute atomic E-state index is 0.0122. The summed E-state index contributed by atoms with van der Waals surface area (Å²) in [5.74, 6) is -0.0299. The van der Waals surface area contributed by atoms with Crippen LogP contribution in [0.5, 0.6) is 11.5 Å². The minimum atomic E-state index is -0.433. The predicted molar refractivity (Wildman–Crippen MR) is 126 cm³/mol. The number of phenolic OH excluding ortho intramolecular Hbond substituents is 1. The van der Waals surface area contributed by atoms with Crippen LogP contribution in [0.4, 0.5) is 5.69 Å². The molecule has 0 radical (unpaired) electrons. The van der Waals surface area contributed by atoms with Crippen molar-refractivity contribution in [1.29, 1.82) is 0 Å². The van der Waals surface area contributed by atoms with E-state index in [1.807, 2.05) is 0 Å². The highest BCUT2D eigenvalue weighted by molar-refractivity contribution is 9.11. The Morgan fingerprint density at radius 2 is 1.58 bits per heavy atom. The average molecular weight is 547 g/mol. The summed E-state index contributed by atoms with van der Waals surface area (Å²) < 4.78 is 6.33. The van der Waals surface area contributed by atoms with Gasteiger partial charge in [-0.2, -0.15) is 5.10 Å². The topological polar surface area (TPSA) is 100 Å². The van der Waals surface area contributed by atoms with E-state index in [0.717, 1.165) is 4.47 Å². The molecule has 0 fully saturated rings. The Hall–Kier alpha value is -3.17. The number of ether oxygens (including phenoxy) is 1. The van der Waals surface area contributed by atoms with Gasteiger partial charge in [-0.3, -0.25) is 9.59 Å². The van der Waals surface area contributed by atoms with Crippen molar-refractivity contribution in [3.05, 3.63) is 86.3 Å². The van der Waals surface area contributed by atoms with Gasteiger partial charge < -0.3 is 15.2 Å². The summed E-state index contributed by atoms with van der Waals surface area (Å²) in [7, 11) is 1.56. The third-order valence-corrected chi connectivity index (χ3v) is 5.25. The molecule has 0 atom stereocenters. The smallest absolute Gasteiger partial charge is 0.271 e. The molecule has 0 saturated heterocycles. The molecule has 31 heavy (non-hydrogen) atoms. The van der Waals surface area contributed by atoms with Crippen LogP contribution in [-0.4, -0.2) is 30.2 Å². The first-order chi connectivity index (χ1) is 14.9. The molecular weight excluding hydrogens is 530 g/mol. The molecule has 3 aromatic rings. The van der Waals surface area contributed by atoms with Crippen molar-refractivity contribution in [3.63, 3.8) is 0 Å². The van der Waals surface area contributed by atoms with E-state index in [2.05, 4.69) is 47.7 Å². The second-order valence-electron chi connectivity index (χ2n) is 6.28. The van der Waals surface area contributed by atoms with Gasteiger partial charge in [0.25, 0.3) is 11.8 Å². The highest BCUT2D eigenvalue weighted by Gasteiger charge is 2.09. The van der Waals surface area contributed by atoms with E-state index in [1.54, 1.807) is 67.8 Å². The summed E-state index contributed by atoms with van der Waals surface area (Å²) in [5, 5.41) is 16.6. The van der Waals surface area contributed by atoms with E-state index < -0.39 is 5.91 Å². The SMILES string of the molecule is COc1ccc(C(=O)Nc2ccc(C(=O)N/N=C\c3cc(Br)cc(Br)c3O)cc2)cc1. The molecule has 2 amide bonds. The molecule has 0 unspecified atom stereocenters. The van der Waals surface area contributed by atoms with Gasteiger partial charge in [-0.25, -0.2) is 5.43 Å². The molecule has 158 valence electrons. The van der Waals surface area contributed by atoms with Gasteiger partial charge in [-0.05, 0) is 76.6 Å². The lowest BCUT2D eigenvalue weighted by Gasteiger charge is -2.07. The molecule has 0 aromatic heterocycles. The molecule has 7 nitrogen and oxygen atoms in total. The van der Waals surface area contributed by atoms with E-state index in [1.165, 1.54) is 6.21 Å². The zero-order chi connectivity index (χ0) is 22.4. The van der Waals surface area contributed by atoms with E-state index >= 15 is 0 Å². The van der Waals surface area contributed by atoms with Crippen LogP contribution in [0.3, 0.4) is 0 Å². The van der Waals surface area contributed by atoms with Crippen molar-refractivity contribution in [2.24, 2.45) is 5.10 Å². The zero-order valence-corrected chi connectivity index (χ0v) is 19.4. The Morgan fingerprint density at radius 1 is 0.968 bits per heavy atom. The molecule has 0 aliphatic heterocycles. The lowest BCUT2D eigenvalue weighted by atomic mass is 10.1. The number of methoxy groups -OCH3 is 1. The van der Waals surface area contributed by atoms with Gasteiger partial charge in [-0.15, -0.1) is 0 Å². The number of hydrogen-bond donors (Lipinski definition) is 3. The van der Waals surface area contributed by atoms with Crippen molar-refractivity contribution >= 4 is 55.6 Å². The molecular formula is C22H17Br2N3O4. The number of carbonyl (C=O) groups excluding carboxylic acids is 2. The van der Waals surface area contributed by atoms with E-state index in [-0.39, 0.29) is 11.7 Å². The first-order valence-corrected chi connectivity index (χ1v) is 10.5. The van der Waals surface area contributed by atoms with Crippen molar-refractivity contribution in [2.75, 3.05) is 12.4 Å². The van der Waals surface area contributed by atoms with Gasteiger partial charge in [0.1, 0.15) is 11.5 Å². The maximum Gasteiger partial charge on any atom is 0.271 e. The van der Waals surface area contributed by atoms with Crippen LogP contribution in [0, 0.1) is 0 Å². The molecule has 0 bridgehead atoms. The summed E-state index contributed by atoms with van der Waals surface area (Å²) in [6, 6.07) is 16.5. The largest absolute Gasteiger partial charge is 0.506 e. The lowest BCUT2D eigenvalue weighted by Crippen LogP contribution is -2.18. The second kappa shape index (κ2) is 10.2. The zero-order valence-electron chi connectivity index (χ0n) is 16.2. The Labute approximate surface area is 195 Å². The number of anilines is 1. The fraction of sp³-hybridized carbons (Fsp3) is 0.0455. The molecule has 0 saturated carbocycles. The molecule has 0 heterocycles. The molecule has 3 aromatic carbocycles. The number of carbonyl (C=O) groups is 2. The molecule has 9 heteroatoms. The Bertz CT molecular complexity index is 1130. The highest BCUT2D eigenvalue weighted by Crippen LogP contribution is 2.30. The van der Waals surface area contributed by atoms with Gasteiger partial charge in [0, 0.05) is 26.9 Å². The fourth-order valence-electron chi connectivity index (χ4n) is 2.56. The fourth-order valence-corrected chi connectivity index (χ4v) is 3.82. The van der Waals surface area contributed by atoms with Crippen LogP contribution in [-0.2, 0) is 0 Å². The number of hydrogen-bond acceptors (Lipinski definition) is 5. The summed E-state index contributed by atoms with van der Waals surface area (Å²) in [5.41, 5.74) is 4.22. The van der Waals surface area contributed by atoms with Crippen LogP contribution in [0.2, 0.25) is 0 Å². The standard InChI is InChI=1S/C22H17Br2N3O4/c1-31-18-8-4-13(5-9-18)21(29)26-17-6-2-14(3-7-17)22(30)27-25-12-15-10-16(23)11-19(24)20(15)28/h2-12,28H,1H3,(H,26,29)(H,27,30)/b25-12-. The van der Waals surface area contributed by atoms with E-state index in [0.29, 0.717) is 32.6 Å². The number of amides is 2. The second-order valence-corrected chi connectivity index (χ2v) is 8.05.